The minimum Gasteiger partial charge on any atom is -0.464 e. The van der Waals surface area contributed by atoms with Crippen LogP contribution in [0.3, 0.4) is 0 Å². The highest BCUT2D eigenvalue weighted by Gasteiger charge is 2.39. The van der Waals surface area contributed by atoms with Crippen molar-refractivity contribution in [3.63, 3.8) is 0 Å². The summed E-state index contributed by atoms with van der Waals surface area (Å²) < 4.78 is 5.94. The minimum atomic E-state index is 0.368. The SMILES string of the molecule is CCNC(c1cc(C)c(C)o1)C1(C)CCCC1. The Labute approximate surface area is 105 Å². The second-order valence-electron chi connectivity index (χ2n) is 5.74. The lowest BCUT2D eigenvalue weighted by Gasteiger charge is -2.33. The van der Waals surface area contributed by atoms with Crippen molar-refractivity contribution >= 4 is 0 Å². The Morgan fingerprint density at radius 3 is 2.47 bits per heavy atom. The predicted molar refractivity (Wildman–Crippen MR) is 71.2 cm³/mol. The van der Waals surface area contributed by atoms with Gasteiger partial charge < -0.3 is 9.73 Å². The van der Waals surface area contributed by atoms with Crippen LogP contribution in [-0.2, 0) is 0 Å². The normalized spacial score (nSPS) is 20.7. The van der Waals surface area contributed by atoms with Crippen LogP contribution in [0.2, 0.25) is 0 Å². The molecule has 0 saturated heterocycles. The van der Waals surface area contributed by atoms with Crippen molar-refractivity contribution < 1.29 is 4.42 Å². The van der Waals surface area contributed by atoms with E-state index >= 15 is 0 Å². The lowest BCUT2D eigenvalue weighted by Crippen LogP contribution is -2.34. The Bertz CT molecular complexity index is 355. The molecular formula is C15H25NO. The van der Waals surface area contributed by atoms with Gasteiger partial charge in [0.05, 0.1) is 6.04 Å². The van der Waals surface area contributed by atoms with Crippen molar-refractivity contribution in [3.8, 4) is 0 Å². The summed E-state index contributed by atoms with van der Waals surface area (Å²) in [7, 11) is 0. The summed E-state index contributed by atoms with van der Waals surface area (Å²) in [5.41, 5.74) is 1.64. The molecule has 2 rings (SSSR count). The van der Waals surface area contributed by atoms with E-state index in [1.807, 2.05) is 0 Å². The van der Waals surface area contributed by atoms with Crippen molar-refractivity contribution in [1.82, 2.24) is 5.32 Å². The van der Waals surface area contributed by atoms with Crippen LogP contribution in [0.5, 0.6) is 0 Å². The molecule has 1 fully saturated rings. The fourth-order valence-electron chi connectivity index (χ4n) is 3.11. The van der Waals surface area contributed by atoms with Gasteiger partial charge in [-0.2, -0.15) is 0 Å². The van der Waals surface area contributed by atoms with Crippen LogP contribution in [0, 0.1) is 19.3 Å². The first kappa shape index (κ1) is 12.7. The molecule has 1 heterocycles. The van der Waals surface area contributed by atoms with Crippen LogP contribution in [0.15, 0.2) is 10.5 Å². The molecule has 96 valence electrons. The molecular weight excluding hydrogens is 210 g/mol. The minimum absolute atomic E-state index is 0.368. The third-order valence-electron chi connectivity index (χ3n) is 4.32. The summed E-state index contributed by atoms with van der Waals surface area (Å²) in [5, 5.41) is 3.63. The average molecular weight is 235 g/mol. The molecule has 0 aliphatic heterocycles. The molecule has 2 nitrogen and oxygen atoms in total. The summed E-state index contributed by atoms with van der Waals surface area (Å²) in [4.78, 5) is 0. The molecule has 1 aromatic heterocycles. The fourth-order valence-corrected chi connectivity index (χ4v) is 3.11. The summed E-state index contributed by atoms with van der Waals surface area (Å²) in [6.45, 7) is 9.76. The van der Waals surface area contributed by atoms with Crippen LogP contribution in [0.25, 0.3) is 0 Å². The highest BCUT2D eigenvalue weighted by molar-refractivity contribution is 5.22. The number of rotatable bonds is 4. The molecule has 0 amide bonds. The number of hydrogen-bond acceptors (Lipinski definition) is 2. The van der Waals surface area contributed by atoms with Gasteiger partial charge in [0.25, 0.3) is 0 Å². The van der Waals surface area contributed by atoms with Gasteiger partial charge in [-0.05, 0) is 50.3 Å². The van der Waals surface area contributed by atoms with Gasteiger partial charge in [-0.3, -0.25) is 0 Å². The summed E-state index contributed by atoms with van der Waals surface area (Å²) in [6, 6.07) is 2.59. The Kier molecular flexibility index (Phi) is 3.62. The van der Waals surface area contributed by atoms with Gasteiger partial charge in [0.15, 0.2) is 0 Å². The predicted octanol–water partition coefficient (Wildman–Crippen LogP) is 4.13. The van der Waals surface area contributed by atoms with E-state index in [0.29, 0.717) is 11.5 Å². The Balaban J connectivity index is 2.28. The first-order valence-corrected chi connectivity index (χ1v) is 6.87. The second-order valence-corrected chi connectivity index (χ2v) is 5.74. The number of hydrogen-bond donors (Lipinski definition) is 1. The van der Waals surface area contributed by atoms with Crippen LogP contribution < -0.4 is 5.32 Å². The van der Waals surface area contributed by atoms with E-state index in [0.717, 1.165) is 18.1 Å². The van der Waals surface area contributed by atoms with Gasteiger partial charge in [0, 0.05) is 0 Å². The van der Waals surface area contributed by atoms with E-state index < -0.39 is 0 Å². The third-order valence-corrected chi connectivity index (χ3v) is 4.32. The van der Waals surface area contributed by atoms with Gasteiger partial charge in [0.2, 0.25) is 0 Å². The molecule has 1 atom stereocenters. The van der Waals surface area contributed by atoms with Crippen molar-refractivity contribution in [2.45, 2.75) is 59.4 Å². The molecule has 1 saturated carbocycles. The van der Waals surface area contributed by atoms with Crippen LogP contribution in [-0.4, -0.2) is 6.54 Å². The topological polar surface area (TPSA) is 25.2 Å². The lowest BCUT2D eigenvalue weighted by atomic mass is 9.79. The molecule has 0 aromatic carbocycles. The molecule has 2 heteroatoms. The van der Waals surface area contributed by atoms with Gasteiger partial charge in [-0.25, -0.2) is 0 Å². The van der Waals surface area contributed by atoms with E-state index in [1.54, 1.807) is 0 Å². The Hall–Kier alpha value is -0.760. The van der Waals surface area contributed by atoms with Crippen LogP contribution in [0.1, 0.15) is 62.7 Å². The van der Waals surface area contributed by atoms with Crippen molar-refractivity contribution in [1.29, 1.82) is 0 Å². The monoisotopic (exact) mass is 235 g/mol. The molecule has 1 unspecified atom stereocenters. The van der Waals surface area contributed by atoms with Crippen molar-refractivity contribution in [2.75, 3.05) is 6.54 Å². The molecule has 0 radical (unpaired) electrons. The molecule has 0 spiro atoms. The molecule has 1 aliphatic carbocycles. The largest absolute Gasteiger partial charge is 0.464 e. The summed E-state index contributed by atoms with van der Waals surface area (Å²) in [6.07, 6.45) is 5.33. The maximum absolute atomic E-state index is 5.94. The number of aryl methyl sites for hydroxylation is 2. The zero-order valence-corrected chi connectivity index (χ0v) is 11.6. The van der Waals surface area contributed by atoms with E-state index in [-0.39, 0.29) is 0 Å². The van der Waals surface area contributed by atoms with E-state index in [1.165, 1.54) is 31.2 Å². The zero-order chi connectivity index (χ0) is 12.5. The molecule has 17 heavy (non-hydrogen) atoms. The molecule has 1 aromatic rings. The highest BCUT2D eigenvalue weighted by atomic mass is 16.3. The van der Waals surface area contributed by atoms with E-state index in [9.17, 15) is 0 Å². The van der Waals surface area contributed by atoms with E-state index in [4.69, 9.17) is 4.42 Å². The molecule has 1 aliphatic rings. The highest BCUT2D eigenvalue weighted by Crippen LogP contribution is 2.47. The standard InChI is InChI=1S/C15H25NO/c1-5-16-14(15(4)8-6-7-9-15)13-10-11(2)12(3)17-13/h10,14,16H,5-9H2,1-4H3. The van der Waals surface area contributed by atoms with Gasteiger partial charge in [-0.1, -0.05) is 26.7 Å². The smallest absolute Gasteiger partial charge is 0.121 e. The number of furan rings is 1. The maximum Gasteiger partial charge on any atom is 0.121 e. The van der Waals surface area contributed by atoms with Crippen LogP contribution in [0.4, 0.5) is 0 Å². The summed E-state index contributed by atoms with van der Waals surface area (Å²) >= 11 is 0. The molecule has 0 bridgehead atoms. The van der Waals surface area contributed by atoms with Gasteiger partial charge in [0.1, 0.15) is 11.5 Å². The third kappa shape index (κ3) is 2.42. The fraction of sp³-hybridized carbons (Fsp3) is 0.733. The first-order valence-electron chi connectivity index (χ1n) is 6.87. The second kappa shape index (κ2) is 4.85. The Morgan fingerprint density at radius 2 is 2.00 bits per heavy atom. The maximum atomic E-state index is 5.94. The van der Waals surface area contributed by atoms with E-state index in [2.05, 4.69) is 39.1 Å². The van der Waals surface area contributed by atoms with Crippen molar-refractivity contribution in [2.24, 2.45) is 5.41 Å². The van der Waals surface area contributed by atoms with Gasteiger partial charge in [-0.15, -0.1) is 0 Å². The van der Waals surface area contributed by atoms with Crippen LogP contribution >= 0.6 is 0 Å². The summed E-state index contributed by atoms with van der Waals surface area (Å²) in [5.74, 6) is 2.19. The number of nitrogens with one attached hydrogen (secondary N) is 1. The van der Waals surface area contributed by atoms with Crippen molar-refractivity contribution in [3.05, 3.63) is 23.2 Å². The first-order chi connectivity index (χ1) is 8.07. The quantitative estimate of drug-likeness (QED) is 0.849. The lowest BCUT2D eigenvalue weighted by molar-refractivity contribution is 0.197. The average Bonchev–Trinajstić information content (AvgIpc) is 2.84. The van der Waals surface area contributed by atoms with Gasteiger partial charge >= 0.3 is 0 Å². The molecule has 1 N–H and O–H groups in total. The Morgan fingerprint density at radius 1 is 1.35 bits per heavy atom. The zero-order valence-electron chi connectivity index (χ0n) is 11.6.